The van der Waals surface area contributed by atoms with Crippen LogP contribution in [0.5, 0.6) is 0 Å². The molecule has 1 N–H and O–H groups in total. The molecule has 0 saturated carbocycles. The summed E-state index contributed by atoms with van der Waals surface area (Å²) in [6, 6.07) is 0. The average molecular weight is 327 g/mol. The van der Waals surface area contributed by atoms with Crippen molar-refractivity contribution in [1.29, 1.82) is 0 Å². The largest absolute Gasteiger partial charge is 0.391 e. The van der Waals surface area contributed by atoms with E-state index in [2.05, 4.69) is 0 Å². The lowest BCUT2D eigenvalue weighted by Crippen LogP contribution is -2.46. The van der Waals surface area contributed by atoms with Crippen LogP contribution >= 0.6 is 0 Å². The van der Waals surface area contributed by atoms with Crippen LogP contribution in [0.2, 0.25) is 0 Å². The first-order chi connectivity index (χ1) is 8.85. The van der Waals surface area contributed by atoms with E-state index in [1.54, 1.807) is 0 Å². The van der Waals surface area contributed by atoms with Gasteiger partial charge in [0, 0.05) is 19.3 Å². The summed E-state index contributed by atoms with van der Waals surface area (Å²) in [6.45, 7) is 3.87. The van der Waals surface area contributed by atoms with Gasteiger partial charge in [0.2, 0.25) is 10.0 Å². The second kappa shape index (κ2) is 5.90. The van der Waals surface area contributed by atoms with Crippen LogP contribution in [0.15, 0.2) is 0 Å². The van der Waals surface area contributed by atoms with Crippen molar-refractivity contribution in [3.8, 4) is 0 Å². The molecule has 0 amide bonds. The fourth-order valence-corrected chi connectivity index (χ4v) is 3.90. The molecule has 120 valence electrons. The summed E-state index contributed by atoms with van der Waals surface area (Å²) in [5.74, 6) is -0.00509. The zero-order chi connectivity index (χ0) is 15.8. The lowest BCUT2D eigenvalue weighted by atomic mass is 9.89. The van der Waals surface area contributed by atoms with Crippen molar-refractivity contribution in [2.45, 2.75) is 44.0 Å². The summed E-state index contributed by atoms with van der Waals surface area (Å²) in [7, 11) is -6.60. The first-order valence-electron chi connectivity index (χ1n) is 6.68. The summed E-state index contributed by atoms with van der Waals surface area (Å²) in [4.78, 5) is 0. The third-order valence-electron chi connectivity index (χ3n) is 4.27. The van der Waals surface area contributed by atoms with Gasteiger partial charge in [0.25, 0.3) is 0 Å². The Kier molecular flexibility index (Phi) is 5.27. The van der Waals surface area contributed by atoms with Gasteiger partial charge in [-0.2, -0.15) is 0 Å². The first kappa shape index (κ1) is 17.9. The van der Waals surface area contributed by atoms with Gasteiger partial charge in [-0.15, -0.1) is 0 Å². The number of hydrogen-bond donors (Lipinski definition) is 1. The molecule has 0 aliphatic carbocycles. The normalized spacial score (nSPS) is 24.6. The number of nitrogens with zero attached hydrogens (tertiary/aromatic N) is 1. The van der Waals surface area contributed by atoms with Crippen molar-refractivity contribution in [2.75, 3.05) is 25.6 Å². The molecule has 2 unspecified atom stereocenters. The molecular weight excluding hydrogens is 302 g/mol. The van der Waals surface area contributed by atoms with E-state index in [4.69, 9.17) is 0 Å². The Morgan fingerprint density at radius 3 is 2.25 bits per heavy atom. The van der Waals surface area contributed by atoms with Gasteiger partial charge >= 0.3 is 0 Å². The zero-order valence-electron chi connectivity index (χ0n) is 12.5. The predicted octanol–water partition coefficient (Wildman–Crippen LogP) is 0.232. The molecule has 6 nitrogen and oxygen atoms in total. The molecule has 1 heterocycles. The molecule has 0 bridgehead atoms. The van der Waals surface area contributed by atoms with Gasteiger partial charge in [0.05, 0.1) is 17.1 Å². The molecule has 0 aromatic heterocycles. The van der Waals surface area contributed by atoms with E-state index in [9.17, 15) is 21.9 Å². The van der Waals surface area contributed by atoms with Crippen LogP contribution in [0.3, 0.4) is 0 Å². The third-order valence-corrected chi connectivity index (χ3v) is 7.72. The minimum Gasteiger partial charge on any atom is -0.391 e. The highest BCUT2D eigenvalue weighted by atomic mass is 32.2. The number of hydrogen-bond acceptors (Lipinski definition) is 5. The molecule has 0 radical (unpaired) electrons. The molecule has 8 heteroatoms. The summed E-state index contributed by atoms with van der Waals surface area (Å²) >= 11 is 0. The minimum atomic E-state index is -3.38. The number of aliphatic hydroxyl groups excluding tert-OH is 1. The van der Waals surface area contributed by atoms with E-state index in [0.717, 1.165) is 19.1 Å². The number of sulfonamides is 1. The molecule has 0 aromatic rings. The molecular formula is C12H25NO5S2. The highest BCUT2D eigenvalue weighted by Gasteiger charge is 2.40. The van der Waals surface area contributed by atoms with Crippen LogP contribution in [0, 0.1) is 5.92 Å². The van der Waals surface area contributed by atoms with Gasteiger partial charge in [-0.3, -0.25) is 0 Å². The maximum absolute atomic E-state index is 11.7. The van der Waals surface area contributed by atoms with Crippen molar-refractivity contribution in [3.63, 3.8) is 0 Å². The Bertz CT molecular complexity index is 538. The maximum Gasteiger partial charge on any atom is 0.211 e. The van der Waals surface area contributed by atoms with Gasteiger partial charge in [-0.1, -0.05) is 0 Å². The SMILES string of the molecule is CC(C)(C(O)CC1CCCN(S(C)(=O)=O)C1)S(C)(=O)=O. The molecule has 0 aromatic carbocycles. The van der Waals surface area contributed by atoms with Crippen LogP contribution in [0.1, 0.15) is 33.1 Å². The van der Waals surface area contributed by atoms with Crippen molar-refractivity contribution in [3.05, 3.63) is 0 Å². The minimum absolute atomic E-state index is 0.00509. The van der Waals surface area contributed by atoms with Crippen molar-refractivity contribution in [2.24, 2.45) is 5.92 Å². The lowest BCUT2D eigenvalue weighted by Gasteiger charge is -2.35. The molecule has 2 atom stereocenters. The highest BCUT2D eigenvalue weighted by Crippen LogP contribution is 2.29. The smallest absolute Gasteiger partial charge is 0.211 e. The van der Waals surface area contributed by atoms with Crippen molar-refractivity contribution in [1.82, 2.24) is 4.31 Å². The maximum atomic E-state index is 11.7. The number of piperidine rings is 1. The summed E-state index contributed by atoms with van der Waals surface area (Å²) < 4.78 is 46.7. The third kappa shape index (κ3) is 4.16. The molecule has 1 saturated heterocycles. The quantitative estimate of drug-likeness (QED) is 0.780. The van der Waals surface area contributed by atoms with Gasteiger partial charge < -0.3 is 5.11 Å². The topological polar surface area (TPSA) is 91.8 Å². The van der Waals surface area contributed by atoms with E-state index in [0.29, 0.717) is 19.5 Å². The van der Waals surface area contributed by atoms with Crippen LogP contribution in [0.4, 0.5) is 0 Å². The van der Waals surface area contributed by atoms with Gasteiger partial charge in [0.1, 0.15) is 0 Å². The summed E-state index contributed by atoms with van der Waals surface area (Å²) in [5, 5.41) is 10.2. The molecule has 1 aliphatic rings. The van der Waals surface area contributed by atoms with E-state index < -0.39 is 30.7 Å². The Hall–Kier alpha value is -0.180. The van der Waals surface area contributed by atoms with Crippen LogP contribution in [-0.2, 0) is 19.9 Å². The summed E-state index contributed by atoms with van der Waals surface area (Å²) in [6.07, 6.45) is 3.13. The lowest BCUT2D eigenvalue weighted by molar-refractivity contribution is 0.0939. The highest BCUT2D eigenvalue weighted by molar-refractivity contribution is 7.92. The fraction of sp³-hybridized carbons (Fsp3) is 1.00. The van der Waals surface area contributed by atoms with E-state index >= 15 is 0 Å². The van der Waals surface area contributed by atoms with E-state index in [1.165, 1.54) is 24.4 Å². The average Bonchev–Trinajstić information content (AvgIpc) is 2.26. The Labute approximate surface area is 122 Å². The molecule has 0 spiro atoms. The predicted molar refractivity (Wildman–Crippen MR) is 78.7 cm³/mol. The monoisotopic (exact) mass is 327 g/mol. The molecule has 1 aliphatic heterocycles. The molecule has 20 heavy (non-hydrogen) atoms. The Morgan fingerprint density at radius 2 is 1.80 bits per heavy atom. The number of sulfone groups is 1. The van der Waals surface area contributed by atoms with Crippen molar-refractivity contribution >= 4 is 19.9 Å². The molecule has 1 rings (SSSR count). The van der Waals surface area contributed by atoms with Gasteiger partial charge in [-0.25, -0.2) is 21.1 Å². The van der Waals surface area contributed by atoms with Crippen LogP contribution in [-0.4, -0.2) is 62.7 Å². The van der Waals surface area contributed by atoms with Gasteiger partial charge in [-0.05, 0) is 39.0 Å². The number of rotatable bonds is 5. The molecule has 1 fully saturated rings. The number of aliphatic hydroxyl groups is 1. The Morgan fingerprint density at radius 1 is 1.25 bits per heavy atom. The first-order valence-corrected chi connectivity index (χ1v) is 10.4. The second-order valence-electron chi connectivity index (χ2n) is 6.26. The van der Waals surface area contributed by atoms with Crippen LogP contribution < -0.4 is 0 Å². The Balaban J connectivity index is 2.74. The second-order valence-corrected chi connectivity index (χ2v) is 10.8. The standard InChI is InChI=1S/C12H25NO5S2/c1-12(2,19(3,15)16)11(14)8-10-6-5-7-13(9-10)20(4,17)18/h10-11,14H,5-9H2,1-4H3. The van der Waals surface area contributed by atoms with Gasteiger partial charge in [0.15, 0.2) is 9.84 Å². The van der Waals surface area contributed by atoms with Crippen LogP contribution in [0.25, 0.3) is 0 Å². The van der Waals surface area contributed by atoms with Crippen molar-refractivity contribution < 1.29 is 21.9 Å². The fourth-order valence-electron chi connectivity index (χ4n) is 2.37. The zero-order valence-corrected chi connectivity index (χ0v) is 14.2. The van der Waals surface area contributed by atoms with E-state index in [-0.39, 0.29) is 5.92 Å². The van der Waals surface area contributed by atoms with E-state index in [1.807, 2.05) is 0 Å². The summed E-state index contributed by atoms with van der Waals surface area (Å²) in [5.41, 5.74) is 0.